The highest BCUT2D eigenvalue weighted by Gasteiger charge is 2.48. The van der Waals surface area contributed by atoms with Crippen LogP contribution >= 0.6 is 0 Å². The zero-order chi connectivity index (χ0) is 21.6. The SMILES string of the molecule is CC1CN(c2ccc(C(F)(F)F)c3ncccc23)C([C@H]2CNC[C@H]2F)C(C(N)=O)O1. The quantitative estimate of drug-likeness (QED) is 0.736. The molecule has 3 heterocycles. The number of nitrogens with two attached hydrogens (primary N) is 1. The van der Waals surface area contributed by atoms with Crippen molar-refractivity contribution in [2.45, 2.75) is 37.5 Å². The fourth-order valence-electron chi connectivity index (χ4n) is 4.52. The molecule has 30 heavy (non-hydrogen) atoms. The van der Waals surface area contributed by atoms with Crippen LogP contribution in [0.2, 0.25) is 0 Å². The van der Waals surface area contributed by atoms with Gasteiger partial charge in [-0.1, -0.05) is 0 Å². The number of halogens is 4. The predicted molar refractivity (Wildman–Crippen MR) is 103 cm³/mol. The normalized spacial score (nSPS) is 30.0. The molecule has 0 radical (unpaired) electrons. The Morgan fingerprint density at radius 2 is 2.07 bits per heavy atom. The minimum atomic E-state index is -4.57. The van der Waals surface area contributed by atoms with Gasteiger partial charge in [0.15, 0.2) is 6.10 Å². The Kier molecular flexibility index (Phi) is 5.31. The molecule has 4 rings (SSSR count). The number of pyridine rings is 1. The Hall–Kier alpha value is -2.46. The van der Waals surface area contributed by atoms with E-state index in [1.165, 1.54) is 12.3 Å². The first-order valence-corrected chi connectivity index (χ1v) is 9.69. The second kappa shape index (κ2) is 7.66. The summed E-state index contributed by atoms with van der Waals surface area (Å²) in [7, 11) is 0. The molecule has 0 bridgehead atoms. The number of nitrogens with zero attached hydrogens (tertiary/aromatic N) is 2. The summed E-state index contributed by atoms with van der Waals surface area (Å²) in [6.45, 7) is 2.45. The van der Waals surface area contributed by atoms with Gasteiger partial charge < -0.3 is 20.7 Å². The summed E-state index contributed by atoms with van der Waals surface area (Å²) in [5.41, 5.74) is 4.97. The molecule has 2 aliphatic rings. The maximum atomic E-state index is 14.7. The minimum Gasteiger partial charge on any atom is -0.367 e. The van der Waals surface area contributed by atoms with E-state index in [0.29, 0.717) is 12.2 Å². The fourth-order valence-corrected chi connectivity index (χ4v) is 4.52. The Morgan fingerprint density at radius 3 is 2.70 bits per heavy atom. The van der Waals surface area contributed by atoms with Crippen LogP contribution in [-0.4, -0.2) is 54.9 Å². The van der Waals surface area contributed by atoms with Crippen molar-refractivity contribution in [2.75, 3.05) is 24.5 Å². The number of primary amides is 1. The second-order valence-corrected chi connectivity index (χ2v) is 7.78. The van der Waals surface area contributed by atoms with Crippen molar-refractivity contribution >= 4 is 22.5 Å². The summed E-state index contributed by atoms with van der Waals surface area (Å²) in [6, 6.07) is 4.66. The van der Waals surface area contributed by atoms with Gasteiger partial charge in [0.2, 0.25) is 5.91 Å². The molecule has 0 saturated carbocycles. The maximum absolute atomic E-state index is 14.7. The molecule has 2 aliphatic heterocycles. The molecule has 3 N–H and O–H groups in total. The van der Waals surface area contributed by atoms with E-state index in [2.05, 4.69) is 10.3 Å². The Balaban J connectivity index is 1.88. The number of alkyl halides is 4. The average Bonchev–Trinajstić information content (AvgIpc) is 3.11. The van der Waals surface area contributed by atoms with Crippen LogP contribution in [0.25, 0.3) is 10.9 Å². The van der Waals surface area contributed by atoms with Gasteiger partial charge in [-0.2, -0.15) is 13.2 Å². The standard InChI is InChI=1S/C20H22F4N4O2/c1-10-9-28(17(18(30-10)19(25)29)12-7-26-8-14(12)21)15-5-4-13(20(22,23)24)16-11(15)3-2-6-27-16/h2-6,10,12,14,17-18,26H,7-9H2,1H3,(H2,25,29)/t10?,12-,14+,17?,18?/m0/s1. The lowest BCUT2D eigenvalue weighted by molar-refractivity contribution is -0.139. The van der Waals surface area contributed by atoms with Crippen LogP contribution in [0.5, 0.6) is 0 Å². The molecule has 2 fully saturated rings. The van der Waals surface area contributed by atoms with E-state index in [-0.39, 0.29) is 24.0 Å². The smallest absolute Gasteiger partial charge is 0.367 e. The number of hydrogen-bond donors (Lipinski definition) is 2. The topological polar surface area (TPSA) is 80.5 Å². The van der Waals surface area contributed by atoms with Crippen LogP contribution < -0.4 is 16.0 Å². The van der Waals surface area contributed by atoms with Gasteiger partial charge in [-0.05, 0) is 31.2 Å². The molecule has 162 valence electrons. The number of amides is 1. The first-order chi connectivity index (χ1) is 14.2. The summed E-state index contributed by atoms with van der Waals surface area (Å²) in [4.78, 5) is 17.9. The number of nitrogens with one attached hydrogen (secondary N) is 1. The number of ether oxygens (including phenoxy) is 1. The number of fused-ring (bicyclic) bond motifs is 1. The molecule has 6 nitrogen and oxygen atoms in total. The van der Waals surface area contributed by atoms with Crippen molar-refractivity contribution in [3.05, 3.63) is 36.0 Å². The number of anilines is 1. The third-order valence-electron chi connectivity index (χ3n) is 5.77. The van der Waals surface area contributed by atoms with Gasteiger partial charge in [0.25, 0.3) is 0 Å². The van der Waals surface area contributed by atoms with Crippen molar-refractivity contribution in [3.8, 4) is 0 Å². The predicted octanol–water partition coefficient (Wildman–Crippen LogP) is 2.26. The number of benzene rings is 1. The van der Waals surface area contributed by atoms with Crippen LogP contribution in [0, 0.1) is 5.92 Å². The number of morpholine rings is 1. The van der Waals surface area contributed by atoms with E-state index >= 15 is 0 Å². The van der Waals surface area contributed by atoms with Crippen LogP contribution in [0.3, 0.4) is 0 Å². The monoisotopic (exact) mass is 426 g/mol. The molecule has 5 atom stereocenters. The number of aromatic nitrogens is 1. The molecule has 3 unspecified atom stereocenters. The summed E-state index contributed by atoms with van der Waals surface area (Å²) >= 11 is 0. The highest BCUT2D eigenvalue weighted by Crippen LogP contribution is 2.40. The zero-order valence-electron chi connectivity index (χ0n) is 16.2. The van der Waals surface area contributed by atoms with Crippen molar-refractivity contribution in [2.24, 2.45) is 11.7 Å². The lowest BCUT2D eigenvalue weighted by Crippen LogP contribution is -2.62. The van der Waals surface area contributed by atoms with Gasteiger partial charge in [0.1, 0.15) is 6.17 Å². The van der Waals surface area contributed by atoms with Crippen LogP contribution in [0.1, 0.15) is 12.5 Å². The van der Waals surface area contributed by atoms with E-state index in [0.717, 1.165) is 6.07 Å². The van der Waals surface area contributed by atoms with Crippen molar-refractivity contribution < 1.29 is 27.1 Å². The molecular formula is C20H22F4N4O2. The summed E-state index contributed by atoms with van der Waals surface area (Å²) < 4.78 is 60.9. The first kappa shape index (κ1) is 20.8. The molecule has 0 spiro atoms. The van der Waals surface area contributed by atoms with Gasteiger partial charge in [0.05, 0.1) is 23.2 Å². The molecule has 1 amide bonds. The Morgan fingerprint density at radius 1 is 1.30 bits per heavy atom. The van der Waals surface area contributed by atoms with Crippen LogP contribution in [0.4, 0.5) is 23.2 Å². The molecule has 2 aromatic rings. The average molecular weight is 426 g/mol. The van der Waals surface area contributed by atoms with Crippen molar-refractivity contribution in [1.82, 2.24) is 10.3 Å². The van der Waals surface area contributed by atoms with Crippen LogP contribution in [0.15, 0.2) is 30.5 Å². The highest BCUT2D eigenvalue weighted by atomic mass is 19.4. The second-order valence-electron chi connectivity index (χ2n) is 7.78. The van der Waals surface area contributed by atoms with E-state index in [1.807, 2.05) is 0 Å². The largest absolute Gasteiger partial charge is 0.418 e. The van der Waals surface area contributed by atoms with Crippen molar-refractivity contribution in [3.63, 3.8) is 0 Å². The van der Waals surface area contributed by atoms with Gasteiger partial charge in [-0.15, -0.1) is 0 Å². The molecule has 0 aliphatic carbocycles. The Bertz CT molecular complexity index is 954. The summed E-state index contributed by atoms with van der Waals surface area (Å²) in [5.74, 6) is -1.34. The number of hydrogen-bond acceptors (Lipinski definition) is 5. The van der Waals surface area contributed by atoms with Gasteiger partial charge in [-0.25, -0.2) is 4.39 Å². The number of rotatable bonds is 3. The molecule has 10 heteroatoms. The van der Waals surface area contributed by atoms with Crippen LogP contribution in [-0.2, 0) is 15.7 Å². The molecular weight excluding hydrogens is 404 g/mol. The fraction of sp³-hybridized carbons (Fsp3) is 0.500. The Labute approximate surface area is 170 Å². The minimum absolute atomic E-state index is 0.130. The van der Waals surface area contributed by atoms with E-state index in [4.69, 9.17) is 10.5 Å². The molecule has 1 aromatic carbocycles. The number of carbonyl (C=O) groups is 1. The third kappa shape index (κ3) is 3.58. The van der Waals surface area contributed by atoms with E-state index in [9.17, 15) is 22.4 Å². The summed E-state index contributed by atoms with van der Waals surface area (Å²) in [5, 5.41) is 3.23. The van der Waals surface area contributed by atoms with Gasteiger partial charge >= 0.3 is 6.18 Å². The van der Waals surface area contributed by atoms with E-state index < -0.39 is 48.0 Å². The van der Waals surface area contributed by atoms with Crippen molar-refractivity contribution in [1.29, 1.82) is 0 Å². The molecule has 2 saturated heterocycles. The third-order valence-corrected chi connectivity index (χ3v) is 5.77. The lowest BCUT2D eigenvalue weighted by atomic mass is 9.88. The van der Waals surface area contributed by atoms with Gasteiger partial charge in [0, 0.05) is 42.8 Å². The lowest BCUT2D eigenvalue weighted by Gasteiger charge is -2.47. The maximum Gasteiger partial charge on any atom is 0.418 e. The number of carbonyl (C=O) groups excluding carboxylic acids is 1. The first-order valence-electron chi connectivity index (χ1n) is 9.69. The molecule has 1 aromatic heterocycles. The highest BCUT2D eigenvalue weighted by molar-refractivity contribution is 5.95. The summed E-state index contributed by atoms with van der Waals surface area (Å²) in [6.07, 6.45) is -6.04. The van der Waals surface area contributed by atoms with Gasteiger partial charge in [-0.3, -0.25) is 9.78 Å². The zero-order valence-corrected chi connectivity index (χ0v) is 16.2. The van der Waals surface area contributed by atoms with E-state index in [1.54, 1.807) is 24.0 Å².